The van der Waals surface area contributed by atoms with Crippen molar-refractivity contribution < 1.29 is 17.9 Å². The van der Waals surface area contributed by atoms with E-state index in [1.54, 1.807) is 6.07 Å². The van der Waals surface area contributed by atoms with Crippen LogP contribution in [0, 0.1) is 0 Å². The fourth-order valence-electron chi connectivity index (χ4n) is 0.764. The van der Waals surface area contributed by atoms with E-state index in [0.717, 1.165) is 6.07 Å². The van der Waals surface area contributed by atoms with E-state index in [-0.39, 0.29) is 0 Å². The van der Waals surface area contributed by atoms with Crippen LogP contribution in [0.2, 0.25) is 0 Å². The van der Waals surface area contributed by atoms with Gasteiger partial charge >= 0.3 is 6.36 Å². The molecule has 78 valence electrons. The first-order valence-electron chi connectivity index (χ1n) is 3.39. The van der Waals surface area contributed by atoms with Gasteiger partial charge in [-0.25, -0.2) is 4.98 Å². The summed E-state index contributed by atoms with van der Waals surface area (Å²) in [5.74, 6) is -0.471. The lowest BCUT2D eigenvalue weighted by Crippen LogP contribution is -2.18. The molecule has 0 saturated heterocycles. The lowest BCUT2D eigenvalue weighted by Gasteiger charge is -2.08. The number of rotatable bonds is 2. The van der Waals surface area contributed by atoms with Crippen LogP contribution in [0.15, 0.2) is 16.6 Å². The third-order valence-corrected chi connectivity index (χ3v) is 2.21. The number of pyridine rings is 1. The van der Waals surface area contributed by atoms with Crippen LogP contribution in [0.5, 0.6) is 5.88 Å². The second-order valence-electron chi connectivity index (χ2n) is 2.30. The fourth-order valence-corrected chi connectivity index (χ4v) is 1.51. The van der Waals surface area contributed by atoms with Crippen LogP contribution in [-0.4, -0.2) is 11.3 Å². The SMILES string of the molecule is FC(F)(F)Oc1cc(Br)cc(CBr)n1. The van der Waals surface area contributed by atoms with Crippen LogP contribution in [0.4, 0.5) is 13.2 Å². The maximum absolute atomic E-state index is 11.8. The average Bonchev–Trinajstić information content (AvgIpc) is 1.99. The van der Waals surface area contributed by atoms with E-state index >= 15 is 0 Å². The molecule has 0 aromatic carbocycles. The third kappa shape index (κ3) is 3.83. The van der Waals surface area contributed by atoms with Crippen molar-refractivity contribution in [2.45, 2.75) is 11.7 Å². The van der Waals surface area contributed by atoms with E-state index < -0.39 is 12.2 Å². The quantitative estimate of drug-likeness (QED) is 0.770. The molecule has 0 aliphatic carbocycles. The molecule has 0 amide bonds. The van der Waals surface area contributed by atoms with Crippen molar-refractivity contribution in [3.05, 3.63) is 22.3 Å². The highest BCUT2D eigenvalue weighted by atomic mass is 79.9. The first kappa shape index (κ1) is 11.8. The Labute approximate surface area is 94.7 Å². The number of hydrogen-bond donors (Lipinski definition) is 0. The highest BCUT2D eigenvalue weighted by Gasteiger charge is 2.31. The summed E-state index contributed by atoms with van der Waals surface area (Å²) in [5, 5.41) is 0.362. The van der Waals surface area contributed by atoms with Gasteiger partial charge in [0, 0.05) is 15.9 Å². The third-order valence-electron chi connectivity index (χ3n) is 1.18. The van der Waals surface area contributed by atoms with Gasteiger partial charge in [-0.05, 0) is 6.07 Å². The number of halogens is 5. The second-order valence-corrected chi connectivity index (χ2v) is 3.77. The van der Waals surface area contributed by atoms with E-state index in [9.17, 15) is 13.2 Å². The normalized spacial score (nSPS) is 11.5. The van der Waals surface area contributed by atoms with E-state index in [1.165, 1.54) is 0 Å². The molecule has 2 nitrogen and oxygen atoms in total. The first-order valence-corrected chi connectivity index (χ1v) is 5.30. The first-order chi connectivity index (χ1) is 6.40. The maximum Gasteiger partial charge on any atom is 0.574 e. The summed E-state index contributed by atoms with van der Waals surface area (Å²) in [7, 11) is 0. The summed E-state index contributed by atoms with van der Waals surface area (Å²) in [6.45, 7) is 0. The van der Waals surface area contributed by atoms with Gasteiger partial charge in [0.05, 0.1) is 5.69 Å². The molecule has 0 bridgehead atoms. The Balaban J connectivity index is 2.92. The Morgan fingerprint density at radius 2 is 2.00 bits per heavy atom. The van der Waals surface area contributed by atoms with Crippen LogP contribution >= 0.6 is 31.9 Å². The lowest BCUT2D eigenvalue weighted by molar-refractivity contribution is -0.276. The molecule has 0 atom stereocenters. The van der Waals surface area contributed by atoms with Gasteiger partial charge in [0.1, 0.15) is 0 Å². The minimum Gasteiger partial charge on any atom is -0.388 e. The molecule has 14 heavy (non-hydrogen) atoms. The lowest BCUT2D eigenvalue weighted by atomic mass is 10.4. The molecule has 1 heterocycles. The standard InChI is InChI=1S/C7H4Br2F3NO/c8-3-5-1-4(9)2-6(13-5)14-7(10,11)12/h1-2H,3H2. The highest BCUT2D eigenvalue weighted by molar-refractivity contribution is 9.10. The zero-order chi connectivity index (χ0) is 10.8. The van der Waals surface area contributed by atoms with Crippen molar-refractivity contribution >= 4 is 31.9 Å². The molecule has 1 rings (SSSR count). The van der Waals surface area contributed by atoms with Crippen LogP contribution in [-0.2, 0) is 5.33 Å². The molecular weight excluding hydrogens is 331 g/mol. The summed E-state index contributed by atoms with van der Waals surface area (Å²) in [4.78, 5) is 3.62. The van der Waals surface area contributed by atoms with E-state index in [2.05, 4.69) is 41.6 Å². The highest BCUT2D eigenvalue weighted by Crippen LogP contribution is 2.24. The van der Waals surface area contributed by atoms with Gasteiger partial charge in [-0.3, -0.25) is 0 Å². The van der Waals surface area contributed by atoms with Crippen LogP contribution < -0.4 is 4.74 Å². The number of hydrogen-bond acceptors (Lipinski definition) is 2. The van der Waals surface area contributed by atoms with Gasteiger partial charge in [0.25, 0.3) is 0 Å². The van der Waals surface area contributed by atoms with Crippen molar-refractivity contribution in [2.24, 2.45) is 0 Å². The Morgan fingerprint density at radius 1 is 1.36 bits per heavy atom. The van der Waals surface area contributed by atoms with Crippen molar-refractivity contribution in [3.8, 4) is 5.88 Å². The van der Waals surface area contributed by atoms with Crippen LogP contribution in [0.25, 0.3) is 0 Å². The molecule has 0 saturated carbocycles. The number of alkyl halides is 4. The number of nitrogens with zero attached hydrogens (tertiary/aromatic N) is 1. The van der Waals surface area contributed by atoms with Gasteiger partial charge < -0.3 is 4.74 Å². The number of aromatic nitrogens is 1. The number of ether oxygens (including phenoxy) is 1. The largest absolute Gasteiger partial charge is 0.574 e. The van der Waals surface area contributed by atoms with Crippen molar-refractivity contribution in [2.75, 3.05) is 0 Å². The smallest absolute Gasteiger partial charge is 0.388 e. The monoisotopic (exact) mass is 333 g/mol. The van der Waals surface area contributed by atoms with Crippen LogP contribution in [0.3, 0.4) is 0 Å². The molecule has 0 aliphatic rings. The van der Waals surface area contributed by atoms with E-state index in [4.69, 9.17) is 0 Å². The van der Waals surface area contributed by atoms with E-state index in [1.807, 2.05) is 0 Å². The Hall–Kier alpha value is -0.300. The molecule has 0 unspecified atom stereocenters. The zero-order valence-corrected chi connectivity index (χ0v) is 9.78. The van der Waals surface area contributed by atoms with Crippen molar-refractivity contribution in [3.63, 3.8) is 0 Å². The summed E-state index contributed by atoms with van der Waals surface area (Å²) < 4.78 is 39.6. The predicted molar refractivity (Wildman–Crippen MR) is 51.3 cm³/mol. The molecule has 0 fully saturated rings. The second kappa shape index (κ2) is 4.48. The topological polar surface area (TPSA) is 22.1 Å². The van der Waals surface area contributed by atoms with Gasteiger partial charge in [-0.15, -0.1) is 13.2 Å². The van der Waals surface area contributed by atoms with Crippen molar-refractivity contribution in [1.29, 1.82) is 0 Å². The summed E-state index contributed by atoms with van der Waals surface area (Å²) in [5.41, 5.74) is 0.457. The van der Waals surface area contributed by atoms with Gasteiger partial charge in [0.15, 0.2) is 0 Å². The summed E-state index contributed by atoms with van der Waals surface area (Å²) >= 11 is 6.14. The maximum atomic E-state index is 11.8. The van der Waals surface area contributed by atoms with Gasteiger partial charge in [-0.1, -0.05) is 31.9 Å². The minimum atomic E-state index is -4.71. The minimum absolute atomic E-state index is 0.362. The fraction of sp³-hybridized carbons (Fsp3) is 0.286. The molecule has 1 aromatic heterocycles. The molecule has 0 spiro atoms. The average molecular weight is 335 g/mol. The molecule has 7 heteroatoms. The Morgan fingerprint density at radius 3 is 2.50 bits per heavy atom. The molecule has 0 N–H and O–H groups in total. The zero-order valence-electron chi connectivity index (χ0n) is 6.61. The molecular formula is C7H4Br2F3NO. The Bertz CT molecular complexity index is 329. The molecule has 0 aliphatic heterocycles. The predicted octanol–water partition coefficient (Wildman–Crippen LogP) is 3.64. The summed E-state index contributed by atoms with van der Waals surface area (Å²) in [6.07, 6.45) is -4.71. The van der Waals surface area contributed by atoms with Gasteiger partial charge in [0.2, 0.25) is 5.88 Å². The summed E-state index contributed by atoms with van der Waals surface area (Å²) in [6, 6.07) is 2.75. The Kier molecular flexibility index (Phi) is 3.77. The van der Waals surface area contributed by atoms with E-state index in [0.29, 0.717) is 15.5 Å². The van der Waals surface area contributed by atoms with Crippen LogP contribution in [0.1, 0.15) is 5.69 Å². The van der Waals surface area contributed by atoms with Gasteiger partial charge in [-0.2, -0.15) is 0 Å². The molecule has 0 radical (unpaired) electrons. The van der Waals surface area contributed by atoms with Crippen molar-refractivity contribution in [1.82, 2.24) is 4.98 Å². The molecule has 1 aromatic rings.